The Balaban J connectivity index is 3.13. The average molecular weight is 253 g/mol. The third-order valence-corrected chi connectivity index (χ3v) is 2.57. The molecular weight excluding hydrogens is 234 g/mol. The SMILES string of the molecule is CCCC(C)Nc1nc(NC)nc(C)c1[N+](=O)[O-]. The van der Waals surface area contributed by atoms with Crippen LogP contribution < -0.4 is 10.6 Å². The highest BCUT2D eigenvalue weighted by Gasteiger charge is 2.22. The van der Waals surface area contributed by atoms with Crippen molar-refractivity contribution in [1.29, 1.82) is 0 Å². The first-order valence-corrected chi connectivity index (χ1v) is 5.96. The fourth-order valence-electron chi connectivity index (χ4n) is 1.74. The normalized spacial score (nSPS) is 12.0. The molecule has 0 aliphatic carbocycles. The van der Waals surface area contributed by atoms with Gasteiger partial charge in [-0.2, -0.15) is 4.98 Å². The predicted molar refractivity (Wildman–Crippen MR) is 71.0 cm³/mol. The Hall–Kier alpha value is -1.92. The van der Waals surface area contributed by atoms with Crippen molar-refractivity contribution in [2.45, 2.75) is 39.7 Å². The van der Waals surface area contributed by atoms with Gasteiger partial charge in [-0.25, -0.2) is 4.98 Å². The van der Waals surface area contributed by atoms with Crippen LogP contribution in [0.25, 0.3) is 0 Å². The lowest BCUT2D eigenvalue weighted by Gasteiger charge is -2.14. The maximum atomic E-state index is 11.0. The molecule has 0 amide bonds. The summed E-state index contributed by atoms with van der Waals surface area (Å²) in [5.41, 5.74) is 0.294. The number of hydrogen-bond donors (Lipinski definition) is 2. The van der Waals surface area contributed by atoms with Gasteiger partial charge in [0, 0.05) is 13.1 Å². The van der Waals surface area contributed by atoms with E-state index in [-0.39, 0.29) is 17.5 Å². The smallest absolute Gasteiger partial charge is 0.332 e. The van der Waals surface area contributed by atoms with Crippen LogP contribution in [0.5, 0.6) is 0 Å². The van der Waals surface area contributed by atoms with Gasteiger partial charge in [0.1, 0.15) is 5.69 Å². The Bertz CT molecular complexity index is 436. The van der Waals surface area contributed by atoms with Gasteiger partial charge in [0.2, 0.25) is 11.8 Å². The molecule has 0 bridgehead atoms. The van der Waals surface area contributed by atoms with Crippen LogP contribution in [0.2, 0.25) is 0 Å². The summed E-state index contributed by atoms with van der Waals surface area (Å²) in [5.74, 6) is 0.655. The second kappa shape index (κ2) is 6.13. The molecule has 1 heterocycles. The summed E-state index contributed by atoms with van der Waals surface area (Å²) in [4.78, 5) is 18.7. The van der Waals surface area contributed by atoms with Gasteiger partial charge in [-0.3, -0.25) is 10.1 Å². The van der Waals surface area contributed by atoms with Gasteiger partial charge in [0.15, 0.2) is 0 Å². The minimum absolute atomic E-state index is 0.0584. The van der Waals surface area contributed by atoms with E-state index in [1.165, 1.54) is 0 Å². The van der Waals surface area contributed by atoms with Gasteiger partial charge >= 0.3 is 5.69 Å². The molecule has 7 heteroatoms. The van der Waals surface area contributed by atoms with Gasteiger partial charge in [0.05, 0.1) is 4.92 Å². The maximum Gasteiger partial charge on any atom is 0.332 e. The number of rotatable bonds is 6. The second-order valence-electron chi connectivity index (χ2n) is 4.17. The summed E-state index contributed by atoms with van der Waals surface area (Å²) in [6, 6.07) is 0.132. The van der Waals surface area contributed by atoms with E-state index >= 15 is 0 Å². The molecule has 7 nitrogen and oxygen atoms in total. The van der Waals surface area contributed by atoms with Crippen LogP contribution in [-0.4, -0.2) is 28.0 Å². The third-order valence-electron chi connectivity index (χ3n) is 2.57. The summed E-state index contributed by atoms with van der Waals surface area (Å²) in [6.07, 6.45) is 1.93. The third kappa shape index (κ3) is 3.28. The number of aromatic nitrogens is 2. The van der Waals surface area contributed by atoms with Gasteiger partial charge in [0.25, 0.3) is 0 Å². The molecule has 0 fully saturated rings. The average Bonchev–Trinajstić information content (AvgIpc) is 2.27. The van der Waals surface area contributed by atoms with Crippen LogP contribution in [0.4, 0.5) is 17.5 Å². The quantitative estimate of drug-likeness (QED) is 0.597. The molecule has 1 rings (SSSR count). The first-order chi connectivity index (χ1) is 8.49. The lowest BCUT2D eigenvalue weighted by Crippen LogP contribution is -2.18. The van der Waals surface area contributed by atoms with Crippen molar-refractivity contribution in [3.05, 3.63) is 15.8 Å². The molecule has 1 unspecified atom stereocenters. The lowest BCUT2D eigenvalue weighted by atomic mass is 10.2. The van der Waals surface area contributed by atoms with E-state index in [1.54, 1.807) is 14.0 Å². The molecule has 1 aromatic heterocycles. The number of aryl methyl sites for hydroxylation is 1. The Morgan fingerprint density at radius 3 is 2.61 bits per heavy atom. The zero-order valence-corrected chi connectivity index (χ0v) is 11.1. The number of hydrogen-bond acceptors (Lipinski definition) is 6. The first kappa shape index (κ1) is 14.1. The molecule has 0 saturated heterocycles. The van der Waals surface area contributed by atoms with Crippen LogP contribution in [0.3, 0.4) is 0 Å². The van der Waals surface area contributed by atoms with Crippen LogP contribution >= 0.6 is 0 Å². The Morgan fingerprint density at radius 1 is 1.44 bits per heavy atom. The summed E-state index contributed by atoms with van der Waals surface area (Å²) < 4.78 is 0. The van der Waals surface area contributed by atoms with Gasteiger partial charge in [-0.15, -0.1) is 0 Å². The van der Waals surface area contributed by atoms with Crippen molar-refractivity contribution in [2.24, 2.45) is 0 Å². The van der Waals surface area contributed by atoms with Crippen molar-refractivity contribution in [3.8, 4) is 0 Å². The first-order valence-electron chi connectivity index (χ1n) is 5.96. The minimum Gasteiger partial charge on any atom is -0.362 e. The highest BCUT2D eigenvalue weighted by atomic mass is 16.6. The van der Waals surface area contributed by atoms with Gasteiger partial charge < -0.3 is 10.6 Å². The van der Waals surface area contributed by atoms with Crippen molar-refractivity contribution < 1.29 is 4.92 Å². The van der Waals surface area contributed by atoms with Crippen molar-refractivity contribution >= 4 is 17.5 Å². The van der Waals surface area contributed by atoms with Crippen LogP contribution in [-0.2, 0) is 0 Å². The summed E-state index contributed by atoms with van der Waals surface area (Å²) >= 11 is 0. The lowest BCUT2D eigenvalue weighted by molar-refractivity contribution is -0.385. The summed E-state index contributed by atoms with van der Waals surface area (Å²) in [6.45, 7) is 5.65. The zero-order chi connectivity index (χ0) is 13.7. The van der Waals surface area contributed by atoms with E-state index in [2.05, 4.69) is 27.5 Å². The second-order valence-corrected chi connectivity index (χ2v) is 4.17. The van der Waals surface area contributed by atoms with Crippen LogP contribution in [0.1, 0.15) is 32.4 Å². The molecule has 2 N–H and O–H groups in total. The monoisotopic (exact) mass is 253 g/mol. The molecule has 0 spiro atoms. The van der Waals surface area contributed by atoms with Crippen molar-refractivity contribution in [2.75, 3.05) is 17.7 Å². The molecule has 18 heavy (non-hydrogen) atoms. The minimum atomic E-state index is -0.449. The molecule has 0 aliphatic heterocycles. The highest BCUT2D eigenvalue weighted by Crippen LogP contribution is 2.27. The summed E-state index contributed by atoms with van der Waals surface area (Å²) in [7, 11) is 1.68. The molecule has 0 aromatic carbocycles. The standard InChI is InChI=1S/C11H19N5O2/c1-5-6-7(2)13-10-9(16(17)18)8(3)14-11(12-4)15-10/h7H,5-6H2,1-4H3,(H2,12,13,14,15). The Morgan fingerprint density at radius 2 is 2.11 bits per heavy atom. The van der Waals surface area contributed by atoms with Crippen LogP contribution in [0.15, 0.2) is 0 Å². The van der Waals surface area contributed by atoms with E-state index in [1.807, 2.05) is 6.92 Å². The maximum absolute atomic E-state index is 11.0. The largest absolute Gasteiger partial charge is 0.362 e. The number of anilines is 2. The zero-order valence-electron chi connectivity index (χ0n) is 11.1. The molecule has 100 valence electrons. The molecule has 0 radical (unpaired) electrons. The van der Waals surface area contributed by atoms with E-state index in [4.69, 9.17) is 0 Å². The number of nitrogens with one attached hydrogen (secondary N) is 2. The molecule has 1 atom stereocenters. The van der Waals surface area contributed by atoms with E-state index in [0.717, 1.165) is 12.8 Å². The van der Waals surface area contributed by atoms with E-state index in [9.17, 15) is 10.1 Å². The molecule has 0 aliphatic rings. The van der Waals surface area contributed by atoms with E-state index in [0.29, 0.717) is 11.6 Å². The Kier molecular flexibility index (Phi) is 4.82. The van der Waals surface area contributed by atoms with Gasteiger partial charge in [-0.05, 0) is 20.3 Å². The fourth-order valence-corrected chi connectivity index (χ4v) is 1.74. The number of nitro groups is 1. The molecule has 1 aromatic rings. The Labute approximate surface area is 106 Å². The topological polar surface area (TPSA) is 93.0 Å². The summed E-state index contributed by atoms with van der Waals surface area (Å²) in [5, 5.41) is 16.9. The highest BCUT2D eigenvalue weighted by molar-refractivity contribution is 5.61. The predicted octanol–water partition coefficient (Wildman–Crippen LogP) is 2.34. The fraction of sp³-hybridized carbons (Fsp3) is 0.636. The van der Waals surface area contributed by atoms with Crippen LogP contribution in [0, 0.1) is 17.0 Å². The molecular formula is C11H19N5O2. The number of nitrogens with zero attached hydrogens (tertiary/aromatic N) is 3. The van der Waals surface area contributed by atoms with Crippen molar-refractivity contribution in [3.63, 3.8) is 0 Å². The van der Waals surface area contributed by atoms with Crippen molar-refractivity contribution in [1.82, 2.24) is 9.97 Å². The molecule has 0 saturated carbocycles. The van der Waals surface area contributed by atoms with E-state index < -0.39 is 4.92 Å². The van der Waals surface area contributed by atoms with Gasteiger partial charge in [-0.1, -0.05) is 13.3 Å².